The first-order valence-corrected chi connectivity index (χ1v) is 9.42. The Morgan fingerprint density at radius 2 is 1.74 bits per heavy atom. The molecule has 23 heavy (non-hydrogen) atoms. The fourth-order valence-electron chi connectivity index (χ4n) is 2.74. The Hall–Kier alpha value is -1.75. The van der Waals surface area contributed by atoms with Gasteiger partial charge in [-0.1, -0.05) is 80.7 Å². The van der Waals surface area contributed by atoms with Crippen LogP contribution in [-0.2, 0) is 12.8 Å². The molecule has 0 aliphatic rings. The van der Waals surface area contributed by atoms with Gasteiger partial charge in [0.2, 0.25) is 4.96 Å². The van der Waals surface area contributed by atoms with Crippen molar-refractivity contribution in [1.29, 1.82) is 0 Å². The van der Waals surface area contributed by atoms with Crippen molar-refractivity contribution in [3.8, 4) is 0 Å². The van der Waals surface area contributed by atoms with Crippen molar-refractivity contribution >= 4 is 16.3 Å². The quantitative estimate of drug-likeness (QED) is 0.536. The Kier molecular flexibility index (Phi) is 5.75. The van der Waals surface area contributed by atoms with Crippen molar-refractivity contribution in [3.63, 3.8) is 0 Å². The summed E-state index contributed by atoms with van der Waals surface area (Å²) >= 11 is 1.68. The van der Waals surface area contributed by atoms with E-state index in [1.165, 1.54) is 49.1 Å². The molecule has 0 N–H and O–H groups in total. The van der Waals surface area contributed by atoms with E-state index in [2.05, 4.69) is 41.4 Å². The van der Waals surface area contributed by atoms with Crippen molar-refractivity contribution in [2.75, 3.05) is 0 Å². The zero-order valence-corrected chi connectivity index (χ0v) is 14.6. The van der Waals surface area contributed by atoms with Crippen LogP contribution in [0.2, 0.25) is 0 Å². The molecule has 5 heteroatoms. The van der Waals surface area contributed by atoms with Gasteiger partial charge in [-0.2, -0.15) is 9.61 Å². The Balaban J connectivity index is 1.57. The van der Waals surface area contributed by atoms with E-state index in [1.54, 1.807) is 11.3 Å². The summed E-state index contributed by atoms with van der Waals surface area (Å²) in [6.45, 7) is 2.26. The number of unbranched alkanes of at least 4 members (excludes halogenated alkanes) is 5. The lowest BCUT2D eigenvalue weighted by Crippen LogP contribution is -1.98. The van der Waals surface area contributed by atoms with E-state index in [1.807, 2.05) is 10.6 Å². The lowest BCUT2D eigenvalue weighted by atomic mass is 10.1. The van der Waals surface area contributed by atoms with Gasteiger partial charge in [0.05, 0.1) is 0 Å². The highest BCUT2D eigenvalue weighted by atomic mass is 32.1. The summed E-state index contributed by atoms with van der Waals surface area (Å²) < 4.78 is 1.92. The van der Waals surface area contributed by atoms with Crippen LogP contribution in [0.3, 0.4) is 0 Å². The third-order valence-corrected chi connectivity index (χ3v) is 5.01. The highest BCUT2D eigenvalue weighted by Gasteiger charge is 2.11. The van der Waals surface area contributed by atoms with Gasteiger partial charge in [0.15, 0.2) is 5.82 Å². The van der Waals surface area contributed by atoms with Gasteiger partial charge in [0, 0.05) is 12.8 Å². The number of aryl methyl sites for hydroxylation is 1. The average molecular weight is 328 g/mol. The van der Waals surface area contributed by atoms with Gasteiger partial charge >= 0.3 is 0 Å². The number of nitrogens with zero attached hydrogens (tertiary/aromatic N) is 4. The fraction of sp³-hybridized carbons (Fsp3) is 0.500. The average Bonchev–Trinajstić information content (AvgIpc) is 3.13. The predicted molar refractivity (Wildman–Crippen MR) is 95.0 cm³/mol. The third kappa shape index (κ3) is 4.38. The molecular formula is C18H24N4S. The molecule has 0 amide bonds. The molecular weight excluding hydrogens is 304 g/mol. The van der Waals surface area contributed by atoms with Crippen LogP contribution in [0.4, 0.5) is 0 Å². The minimum Gasteiger partial charge on any atom is -0.187 e. The smallest absolute Gasteiger partial charge is 0.187 e. The first kappa shape index (κ1) is 16.1. The lowest BCUT2D eigenvalue weighted by molar-refractivity contribution is 0.605. The van der Waals surface area contributed by atoms with Gasteiger partial charge in [-0.25, -0.2) is 0 Å². The molecule has 122 valence electrons. The van der Waals surface area contributed by atoms with Gasteiger partial charge in [-0.3, -0.25) is 0 Å². The first-order valence-electron chi connectivity index (χ1n) is 8.60. The second kappa shape index (κ2) is 8.20. The molecule has 3 rings (SSSR count). The van der Waals surface area contributed by atoms with Crippen LogP contribution >= 0.6 is 11.3 Å². The largest absolute Gasteiger partial charge is 0.234 e. The van der Waals surface area contributed by atoms with E-state index in [4.69, 9.17) is 5.10 Å². The minimum absolute atomic E-state index is 0.780. The van der Waals surface area contributed by atoms with Crippen LogP contribution in [0, 0.1) is 0 Å². The van der Waals surface area contributed by atoms with Crippen molar-refractivity contribution < 1.29 is 0 Å². The molecule has 0 unspecified atom stereocenters. The molecule has 4 nitrogen and oxygen atoms in total. The maximum Gasteiger partial charge on any atom is 0.234 e. The summed E-state index contributed by atoms with van der Waals surface area (Å²) in [5, 5.41) is 14.4. The van der Waals surface area contributed by atoms with Gasteiger partial charge < -0.3 is 0 Å². The summed E-state index contributed by atoms with van der Waals surface area (Å²) in [6, 6.07) is 10.4. The van der Waals surface area contributed by atoms with E-state index >= 15 is 0 Å². The minimum atomic E-state index is 0.780. The van der Waals surface area contributed by atoms with Gasteiger partial charge in [-0.05, 0) is 12.0 Å². The van der Waals surface area contributed by atoms with Crippen LogP contribution in [0.15, 0.2) is 30.3 Å². The molecule has 0 aliphatic heterocycles. The van der Waals surface area contributed by atoms with Crippen LogP contribution in [0.25, 0.3) is 4.96 Å². The Bertz CT molecular complexity index is 717. The number of fused-ring (bicyclic) bond motifs is 1. The zero-order valence-electron chi connectivity index (χ0n) is 13.7. The Labute approximate surface area is 141 Å². The van der Waals surface area contributed by atoms with E-state index in [-0.39, 0.29) is 0 Å². The number of rotatable bonds is 9. The zero-order chi connectivity index (χ0) is 15.9. The standard InChI is InChI=1S/C18H24N4S/c1-2-3-4-5-6-10-13-17-21-22-16(19-20-18(22)23-17)14-15-11-8-7-9-12-15/h7-9,11-12H,2-6,10,13-14H2,1H3. The van der Waals surface area contributed by atoms with Crippen molar-refractivity contribution in [2.24, 2.45) is 0 Å². The molecule has 0 saturated carbocycles. The monoisotopic (exact) mass is 328 g/mol. The summed E-state index contributed by atoms with van der Waals surface area (Å²) in [6.07, 6.45) is 9.74. The third-order valence-electron chi connectivity index (χ3n) is 4.05. The number of benzene rings is 1. The van der Waals surface area contributed by atoms with Gasteiger partial charge in [-0.15, -0.1) is 10.2 Å². The van der Waals surface area contributed by atoms with Gasteiger partial charge in [0.1, 0.15) is 5.01 Å². The summed E-state index contributed by atoms with van der Waals surface area (Å²) in [7, 11) is 0. The fourth-order valence-corrected chi connectivity index (χ4v) is 3.64. The predicted octanol–water partition coefficient (Wildman–Crippen LogP) is 4.68. The number of hydrogen-bond acceptors (Lipinski definition) is 4. The van der Waals surface area contributed by atoms with Crippen molar-refractivity contribution in [2.45, 2.75) is 58.3 Å². The van der Waals surface area contributed by atoms with Crippen molar-refractivity contribution in [1.82, 2.24) is 19.8 Å². The van der Waals surface area contributed by atoms with Crippen molar-refractivity contribution in [3.05, 3.63) is 46.7 Å². The van der Waals surface area contributed by atoms with Crippen LogP contribution in [0.1, 0.15) is 61.8 Å². The summed E-state index contributed by atoms with van der Waals surface area (Å²) in [5.74, 6) is 0.927. The summed E-state index contributed by atoms with van der Waals surface area (Å²) in [5.41, 5.74) is 1.24. The summed E-state index contributed by atoms with van der Waals surface area (Å²) in [4.78, 5) is 0.914. The molecule has 1 aromatic carbocycles. The number of hydrogen-bond donors (Lipinski definition) is 0. The topological polar surface area (TPSA) is 43.1 Å². The maximum atomic E-state index is 4.71. The van der Waals surface area contributed by atoms with E-state index in [9.17, 15) is 0 Å². The second-order valence-corrected chi connectivity index (χ2v) is 7.03. The molecule has 2 aromatic heterocycles. The molecule has 0 fully saturated rings. The molecule has 0 saturated heterocycles. The van der Waals surface area contributed by atoms with Gasteiger partial charge in [0.25, 0.3) is 0 Å². The highest BCUT2D eigenvalue weighted by Crippen LogP contribution is 2.18. The number of aromatic nitrogens is 4. The van der Waals surface area contributed by atoms with E-state index < -0.39 is 0 Å². The highest BCUT2D eigenvalue weighted by molar-refractivity contribution is 7.16. The molecule has 0 aliphatic carbocycles. The lowest BCUT2D eigenvalue weighted by Gasteiger charge is -1.99. The van der Waals surface area contributed by atoms with Crippen LogP contribution in [-0.4, -0.2) is 19.8 Å². The second-order valence-electron chi connectivity index (χ2n) is 5.99. The Morgan fingerprint density at radius 1 is 0.957 bits per heavy atom. The molecule has 3 aromatic rings. The van der Waals surface area contributed by atoms with Crippen LogP contribution in [0.5, 0.6) is 0 Å². The maximum absolute atomic E-state index is 4.71. The molecule has 0 bridgehead atoms. The first-order chi connectivity index (χ1) is 11.4. The normalized spacial score (nSPS) is 11.3. The molecule has 0 atom stereocenters. The van der Waals surface area contributed by atoms with Crippen LogP contribution < -0.4 is 0 Å². The Morgan fingerprint density at radius 3 is 2.57 bits per heavy atom. The SMILES string of the molecule is CCCCCCCCc1nn2c(Cc3ccccc3)nnc2s1. The van der Waals surface area contributed by atoms with E-state index in [0.29, 0.717) is 0 Å². The van der Waals surface area contributed by atoms with E-state index in [0.717, 1.165) is 23.6 Å². The molecule has 0 radical (unpaired) electrons. The molecule has 2 heterocycles. The molecule has 0 spiro atoms.